The van der Waals surface area contributed by atoms with Crippen LogP contribution in [0.4, 0.5) is 0 Å². The number of aliphatic hydroxyl groups excluding tert-OH is 1. The van der Waals surface area contributed by atoms with Crippen molar-refractivity contribution in [3.05, 3.63) is 36.2 Å². The van der Waals surface area contributed by atoms with E-state index in [2.05, 4.69) is 15.5 Å². The maximum Gasteiger partial charge on any atom is 0.257 e. The van der Waals surface area contributed by atoms with Crippen molar-refractivity contribution >= 4 is 0 Å². The number of aliphatic hydroxyl groups is 1. The Morgan fingerprint density at radius 3 is 2.74 bits per heavy atom. The van der Waals surface area contributed by atoms with Crippen LogP contribution in [0.1, 0.15) is 25.1 Å². The Bertz CT molecular complexity index is 652. The highest BCUT2D eigenvalue weighted by atomic mass is 16.5. The normalized spacial score (nSPS) is 26.1. The van der Waals surface area contributed by atoms with Gasteiger partial charge in [-0.3, -0.25) is 0 Å². The van der Waals surface area contributed by atoms with Crippen LogP contribution in [0.3, 0.4) is 0 Å². The molecule has 2 aromatic rings. The highest BCUT2D eigenvalue weighted by Gasteiger charge is 2.54. The molecule has 122 valence electrons. The van der Waals surface area contributed by atoms with E-state index in [1.165, 1.54) is 0 Å². The zero-order valence-corrected chi connectivity index (χ0v) is 12.9. The largest absolute Gasteiger partial charge is 0.392 e. The van der Waals surface area contributed by atoms with Crippen LogP contribution in [0.5, 0.6) is 0 Å². The van der Waals surface area contributed by atoms with Gasteiger partial charge in [-0.25, -0.2) is 0 Å². The van der Waals surface area contributed by atoms with Crippen molar-refractivity contribution in [3.8, 4) is 11.5 Å². The maximum atomic E-state index is 10.2. The van der Waals surface area contributed by atoms with Crippen LogP contribution in [-0.2, 0) is 11.3 Å². The summed E-state index contributed by atoms with van der Waals surface area (Å²) in [5, 5.41) is 17.7. The van der Waals surface area contributed by atoms with Crippen LogP contribution in [-0.4, -0.2) is 40.6 Å². The average molecular weight is 315 g/mol. The molecule has 0 radical (unpaired) electrons. The van der Waals surface area contributed by atoms with Gasteiger partial charge in [0.05, 0.1) is 12.6 Å². The zero-order valence-electron chi connectivity index (χ0n) is 12.9. The predicted molar refractivity (Wildman–Crippen MR) is 83.5 cm³/mol. The van der Waals surface area contributed by atoms with E-state index in [9.17, 15) is 5.11 Å². The second-order valence-corrected chi connectivity index (χ2v) is 6.41. The molecule has 6 heteroatoms. The van der Waals surface area contributed by atoms with E-state index in [-0.39, 0.29) is 11.5 Å². The molecule has 2 heterocycles. The second kappa shape index (κ2) is 6.03. The summed E-state index contributed by atoms with van der Waals surface area (Å²) in [6.07, 6.45) is 2.37. The van der Waals surface area contributed by atoms with Crippen LogP contribution in [0.15, 0.2) is 34.9 Å². The van der Waals surface area contributed by atoms with E-state index in [1.54, 1.807) is 0 Å². The van der Waals surface area contributed by atoms with Gasteiger partial charge in [0, 0.05) is 30.2 Å². The lowest BCUT2D eigenvalue weighted by Crippen LogP contribution is -2.64. The molecular formula is C17H21N3O3. The molecule has 2 atom stereocenters. The van der Waals surface area contributed by atoms with Gasteiger partial charge in [-0.05, 0) is 31.4 Å². The smallest absolute Gasteiger partial charge is 0.257 e. The average Bonchev–Trinajstić information content (AvgIpc) is 3.09. The maximum absolute atomic E-state index is 10.2. The van der Waals surface area contributed by atoms with E-state index in [0.29, 0.717) is 24.3 Å². The lowest BCUT2D eigenvalue weighted by Gasteiger charge is -2.55. The minimum atomic E-state index is -0.228. The van der Waals surface area contributed by atoms with Crippen molar-refractivity contribution in [2.24, 2.45) is 5.41 Å². The predicted octanol–water partition coefficient (Wildman–Crippen LogP) is 1.76. The van der Waals surface area contributed by atoms with Crippen LogP contribution in [0.2, 0.25) is 0 Å². The molecule has 6 nitrogen and oxygen atoms in total. The fourth-order valence-electron chi connectivity index (χ4n) is 3.72. The molecule has 4 rings (SSSR count). The topological polar surface area (TPSA) is 80.4 Å². The standard InChI is InChI=1S/C17H21N3O3/c21-14-10-13(17(14)6-8-22-9-7-17)18-11-15-19-16(23-20-15)12-4-2-1-3-5-12/h1-5,13-14,18,21H,6-11H2/t13-,14-/m1/s1. The SMILES string of the molecule is O[C@@H]1C[C@@H](NCc2noc(-c3ccccc3)n2)C12CCOCC2. The highest BCUT2D eigenvalue weighted by Crippen LogP contribution is 2.48. The third-order valence-electron chi connectivity index (χ3n) is 5.24. The summed E-state index contributed by atoms with van der Waals surface area (Å²) in [5.74, 6) is 1.18. The number of nitrogens with one attached hydrogen (secondary N) is 1. The highest BCUT2D eigenvalue weighted by molar-refractivity contribution is 5.51. The first kappa shape index (κ1) is 14.8. The van der Waals surface area contributed by atoms with Crippen LogP contribution in [0, 0.1) is 5.41 Å². The van der Waals surface area contributed by atoms with E-state index in [0.717, 1.165) is 38.0 Å². The van der Waals surface area contributed by atoms with Crippen LogP contribution >= 0.6 is 0 Å². The quantitative estimate of drug-likeness (QED) is 0.895. The van der Waals surface area contributed by atoms with Crippen molar-refractivity contribution in [1.29, 1.82) is 0 Å². The molecule has 1 saturated carbocycles. The number of hydrogen-bond acceptors (Lipinski definition) is 6. The van der Waals surface area contributed by atoms with Crippen molar-refractivity contribution < 1.29 is 14.4 Å². The van der Waals surface area contributed by atoms with Crippen LogP contribution in [0.25, 0.3) is 11.5 Å². The van der Waals surface area contributed by atoms with Gasteiger partial charge in [0.25, 0.3) is 5.89 Å². The number of rotatable bonds is 4. The van der Waals surface area contributed by atoms with Gasteiger partial charge >= 0.3 is 0 Å². The van der Waals surface area contributed by atoms with Gasteiger partial charge < -0.3 is 19.7 Å². The summed E-state index contributed by atoms with van der Waals surface area (Å²) in [4.78, 5) is 4.44. The lowest BCUT2D eigenvalue weighted by atomic mass is 9.58. The van der Waals surface area contributed by atoms with Gasteiger partial charge in [-0.1, -0.05) is 23.4 Å². The summed E-state index contributed by atoms with van der Waals surface area (Å²) in [6, 6.07) is 10.0. The van der Waals surface area contributed by atoms with Crippen molar-refractivity contribution in [2.45, 2.75) is 38.0 Å². The Balaban J connectivity index is 1.39. The molecule has 0 amide bonds. The molecule has 1 aromatic carbocycles. The lowest BCUT2D eigenvalue weighted by molar-refractivity contribution is -0.149. The zero-order chi connectivity index (χ0) is 15.7. The molecule has 1 spiro atoms. The summed E-state index contributed by atoms with van der Waals surface area (Å²) >= 11 is 0. The molecule has 2 N–H and O–H groups in total. The van der Waals surface area contributed by atoms with E-state index in [4.69, 9.17) is 9.26 Å². The number of aromatic nitrogens is 2. The fourth-order valence-corrected chi connectivity index (χ4v) is 3.72. The number of hydrogen-bond donors (Lipinski definition) is 2. The van der Waals surface area contributed by atoms with E-state index >= 15 is 0 Å². The number of nitrogens with zero attached hydrogens (tertiary/aromatic N) is 2. The summed E-state index contributed by atoms with van der Waals surface area (Å²) in [7, 11) is 0. The minimum Gasteiger partial charge on any atom is -0.392 e. The second-order valence-electron chi connectivity index (χ2n) is 6.41. The Labute approximate surface area is 134 Å². The van der Waals surface area contributed by atoms with Crippen molar-refractivity contribution in [2.75, 3.05) is 13.2 Å². The Morgan fingerprint density at radius 1 is 1.22 bits per heavy atom. The number of ether oxygens (including phenoxy) is 1. The van der Waals surface area contributed by atoms with Gasteiger partial charge in [0.2, 0.25) is 0 Å². The Morgan fingerprint density at radius 2 is 2.00 bits per heavy atom. The van der Waals surface area contributed by atoms with Gasteiger partial charge in [0.15, 0.2) is 5.82 Å². The molecule has 2 fully saturated rings. The molecule has 0 bridgehead atoms. The van der Waals surface area contributed by atoms with Gasteiger partial charge in [-0.2, -0.15) is 4.98 Å². The van der Waals surface area contributed by atoms with E-state index < -0.39 is 0 Å². The molecule has 23 heavy (non-hydrogen) atoms. The summed E-state index contributed by atoms with van der Waals surface area (Å²) < 4.78 is 10.8. The van der Waals surface area contributed by atoms with Gasteiger partial charge in [0.1, 0.15) is 0 Å². The summed E-state index contributed by atoms with van der Waals surface area (Å²) in [5.41, 5.74) is 0.885. The fraction of sp³-hybridized carbons (Fsp3) is 0.529. The third kappa shape index (κ3) is 2.67. The Hall–Kier alpha value is -1.76. The number of benzene rings is 1. The monoisotopic (exact) mass is 315 g/mol. The van der Waals surface area contributed by atoms with Crippen molar-refractivity contribution in [3.63, 3.8) is 0 Å². The molecule has 1 aliphatic heterocycles. The Kier molecular flexibility index (Phi) is 3.88. The van der Waals surface area contributed by atoms with E-state index in [1.807, 2.05) is 30.3 Å². The van der Waals surface area contributed by atoms with Gasteiger partial charge in [-0.15, -0.1) is 0 Å². The summed E-state index contributed by atoms with van der Waals surface area (Å²) in [6.45, 7) is 2.02. The first-order valence-corrected chi connectivity index (χ1v) is 8.15. The van der Waals surface area contributed by atoms with Crippen LogP contribution < -0.4 is 5.32 Å². The molecule has 0 unspecified atom stereocenters. The first-order chi connectivity index (χ1) is 11.3. The molecule has 1 aliphatic carbocycles. The molecule has 2 aliphatic rings. The molecular weight excluding hydrogens is 294 g/mol. The molecule has 1 aromatic heterocycles. The molecule has 1 saturated heterocycles. The van der Waals surface area contributed by atoms with Crippen molar-refractivity contribution in [1.82, 2.24) is 15.5 Å². The minimum absolute atomic E-state index is 0.0375. The third-order valence-corrected chi connectivity index (χ3v) is 5.24. The first-order valence-electron chi connectivity index (χ1n) is 8.15.